The second-order valence-corrected chi connectivity index (χ2v) is 5.90. The van der Waals surface area contributed by atoms with Crippen molar-refractivity contribution < 1.29 is 29.5 Å². The van der Waals surface area contributed by atoms with Crippen LogP contribution < -0.4 is 5.32 Å². The van der Waals surface area contributed by atoms with E-state index >= 15 is 0 Å². The van der Waals surface area contributed by atoms with Gasteiger partial charge in [-0.05, 0) is 26.0 Å². The lowest BCUT2D eigenvalue weighted by Gasteiger charge is -2.23. The van der Waals surface area contributed by atoms with Crippen molar-refractivity contribution in [3.63, 3.8) is 0 Å². The average molecular weight is 366 g/mol. The van der Waals surface area contributed by atoms with E-state index < -0.39 is 42.6 Å². The van der Waals surface area contributed by atoms with Crippen molar-refractivity contribution in [2.75, 3.05) is 0 Å². The van der Waals surface area contributed by atoms with Crippen LogP contribution in [0.25, 0.3) is 0 Å². The summed E-state index contributed by atoms with van der Waals surface area (Å²) in [7, 11) is -1.89. The van der Waals surface area contributed by atoms with Gasteiger partial charge in [-0.1, -0.05) is 32.9 Å². The Bertz CT molecular complexity index is 574. The molecule has 3 unspecified atom stereocenters. The van der Waals surface area contributed by atoms with Crippen LogP contribution in [0.1, 0.15) is 40.0 Å². The number of nitrogens with zero attached hydrogens (tertiary/aromatic N) is 1. The fraction of sp³-hybridized carbons (Fsp3) is 0.529. The molecule has 0 fully saturated rings. The van der Waals surface area contributed by atoms with Gasteiger partial charge in [0.2, 0.25) is 5.91 Å². The highest BCUT2D eigenvalue weighted by atomic mass is 16.4. The maximum absolute atomic E-state index is 12.3. The molecule has 0 aromatic rings. The number of ketones is 1. The molecular weight excluding hydrogens is 339 g/mol. The molecule has 0 saturated carbocycles. The number of rotatable bonds is 12. The Morgan fingerprint density at radius 1 is 1.27 bits per heavy atom. The molecule has 0 aliphatic heterocycles. The summed E-state index contributed by atoms with van der Waals surface area (Å²) in [6.07, 6.45) is 4.94. The second-order valence-electron chi connectivity index (χ2n) is 5.90. The van der Waals surface area contributed by atoms with E-state index in [-0.39, 0.29) is 12.0 Å². The summed E-state index contributed by atoms with van der Waals surface area (Å²) in [5.41, 5.74) is -0.344. The summed E-state index contributed by atoms with van der Waals surface area (Å²) in [5, 5.41) is 30.7. The van der Waals surface area contributed by atoms with Crippen molar-refractivity contribution >= 4 is 31.5 Å². The Labute approximate surface area is 153 Å². The van der Waals surface area contributed by atoms with Gasteiger partial charge in [-0.2, -0.15) is 0 Å². The Morgan fingerprint density at radius 2 is 1.88 bits per heavy atom. The molecule has 3 atom stereocenters. The number of nitrogens with one attached hydrogen (secondary N) is 1. The number of Topliss-reactive ketones (excluding diaryl/α,β-unsaturated/α-hetero) is 1. The highest BCUT2D eigenvalue weighted by Crippen LogP contribution is 2.16. The summed E-state index contributed by atoms with van der Waals surface area (Å²) in [5.74, 6) is -4.88. The number of hydrogen-bond donors (Lipinski definition) is 4. The number of allylic oxidation sites excluding steroid dienone is 1. The number of aliphatic imine (C=N–C) groups is 1. The normalized spacial score (nSPS) is 15.2. The molecule has 0 saturated heterocycles. The number of hydrogen-bond acceptors (Lipinski definition) is 6. The Morgan fingerprint density at radius 3 is 2.31 bits per heavy atom. The predicted molar refractivity (Wildman–Crippen MR) is 99.4 cm³/mol. The quantitative estimate of drug-likeness (QED) is 0.132. The zero-order chi connectivity index (χ0) is 20.3. The highest BCUT2D eigenvalue weighted by molar-refractivity contribution is 6.43. The molecule has 4 N–H and O–H groups in total. The topological polar surface area (TPSA) is 136 Å². The number of carbonyl (C=O) groups is 3. The summed E-state index contributed by atoms with van der Waals surface area (Å²) < 4.78 is 0. The van der Waals surface area contributed by atoms with Gasteiger partial charge in [0.05, 0.1) is 17.4 Å². The third kappa shape index (κ3) is 7.75. The average Bonchev–Trinajstić information content (AvgIpc) is 2.58. The first-order chi connectivity index (χ1) is 12.2. The largest absolute Gasteiger partial charge is 0.478 e. The Kier molecular flexibility index (Phi) is 11.1. The minimum Gasteiger partial charge on any atom is -0.478 e. The monoisotopic (exact) mass is 366 g/mol. The molecule has 9 heteroatoms. The van der Waals surface area contributed by atoms with Crippen LogP contribution in [0.15, 0.2) is 28.9 Å². The Balaban J connectivity index is 5.17. The van der Waals surface area contributed by atoms with Crippen LogP contribution in [0, 0.1) is 11.8 Å². The van der Waals surface area contributed by atoms with Gasteiger partial charge in [-0.25, -0.2) is 4.79 Å². The molecule has 1 amide bonds. The van der Waals surface area contributed by atoms with E-state index in [9.17, 15) is 24.4 Å². The third-order valence-corrected chi connectivity index (χ3v) is 3.85. The van der Waals surface area contributed by atoms with Crippen molar-refractivity contribution in [1.29, 1.82) is 0 Å². The number of amides is 1. The van der Waals surface area contributed by atoms with Gasteiger partial charge in [0.1, 0.15) is 0 Å². The fourth-order valence-electron chi connectivity index (χ4n) is 2.37. The molecule has 0 aromatic carbocycles. The first-order valence-electron chi connectivity index (χ1n) is 8.46. The minimum atomic E-state index is -1.89. The second kappa shape index (κ2) is 12.2. The highest BCUT2D eigenvalue weighted by Gasteiger charge is 2.32. The third-order valence-electron chi connectivity index (χ3n) is 3.85. The smallest absolute Gasteiger partial charge is 0.475 e. The van der Waals surface area contributed by atoms with Gasteiger partial charge in [0.25, 0.3) is 0 Å². The van der Waals surface area contributed by atoms with Crippen molar-refractivity contribution in [3.8, 4) is 0 Å². The first kappa shape index (κ1) is 23.7. The molecule has 26 heavy (non-hydrogen) atoms. The molecular formula is C17H27BN2O6. The lowest BCUT2D eigenvalue weighted by Crippen LogP contribution is -2.49. The van der Waals surface area contributed by atoms with Gasteiger partial charge in [0.15, 0.2) is 5.78 Å². The van der Waals surface area contributed by atoms with Crippen LogP contribution >= 0.6 is 0 Å². The van der Waals surface area contributed by atoms with Gasteiger partial charge >= 0.3 is 13.1 Å². The molecule has 0 rings (SSSR count). The molecule has 144 valence electrons. The van der Waals surface area contributed by atoms with E-state index in [2.05, 4.69) is 17.0 Å². The van der Waals surface area contributed by atoms with Gasteiger partial charge in [-0.15, -0.1) is 0 Å². The summed E-state index contributed by atoms with van der Waals surface area (Å²) in [6.45, 7) is 8.25. The van der Waals surface area contributed by atoms with Crippen molar-refractivity contribution in [2.45, 2.75) is 46.0 Å². The van der Waals surface area contributed by atoms with E-state index in [0.717, 1.165) is 0 Å². The molecule has 0 aliphatic carbocycles. The van der Waals surface area contributed by atoms with Crippen LogP contribution in [-0.2, 0) is 14.4 Å². The van der Waals surface area contributed by atoms with Gasteiger partial charge < -0.3 is 20.5 Å². The lowest BCUT2D eigenvalue weighted by molar-refractivity contribution is -0.135. The SMILES string of the molecule is C=NC=CC(CC)C(=O)NC(CC(C)C(=O)/C(=C\CC)C(=O)O)B(O)O. The van der Waals surface area contributed by atoms with Crippen LogP contribution in [0.3, 0.4) is 0 Å². The van der Waals surface area contributed by atoms with Gasteiger partial charge in [-0.3, -0.25) is 14.6 Å². The first-order valence-corrected chi connectivity index (χ1v) is 8.46. The van der Waals surface area contributed by atoms with E-state index in [1.807, 2.05) is 0 Å². The Hall–Kier alpha value is -2.26. The molecule has 0 spiro atoms. The molecule has 0 radical (unpaired) electrons. The van der Waals surface area contributed by atoms with Crippen molar-refractivity contribution in [3.05, 3.63) is 23.9 Å². The van der Waals surface area contributed by atoms with Crippen LogP contribution in [0.4, 0.5) is 0 Å². The standard InChI is InChI=1S/C17H27BN2O6/c1-5-7-13(17(23)24)15(21)11(3)10-14(18(25)26)20-16(22)12(6-2)8-9-19-4/h7-9,11-12,14,25-26H,4-6,10H2,1-3H3,(H,20,22)(H,23,24)/b9-8?,13-7+. The molecule has 0 bridgehead atoms. The number of aliphatic carboxylic acids is 1. The summed E-state index contributed by atoms with van der Waals surface area (Å²) >= 11 is 0. The maximum atomic E-state index is 12.3. The van der Waals surface area contributed by atoms with Crippen LogP contribution in [0.5, 0.6) is 0 Å². The van der Waals surface area contributed by atoms with E-state index in [1.54, 1.807) is 13.8 Å². The molecule has 8 nitrogen and oxygen atoms in total. The lowest BCUT2D eigenvalue weighted by atomic mass is 9.73. The number of carboxylic acid groups (broad SMARTS) is 1. The minimum absolute atomic E-state index is 0.115. The van der Waals surface area contributed by atoms with Crippen LogP contribution in [0.2, 0.25) is 0 Å². The van der Waals surface area contributed by atoms with Crippen molar-refractivity contribution in [1.82, 2.24) is 5.32 Å². The zero-order valence-corrected chi connectivity index (χ0v) is 15.4. The molecule has 0 heterocycles. The van der Waals surface area contributed by atoms with Crippen LogP contribution in [-0.4, -0.2) is 52.6 Å². The maximum Gasteiger partial charge on any atom is 0.475 e. The molecule has 0 aromatic heterocycles. The van der Waals surface area contributed by atoms with E-state index in [0.29, 0.717) is 12.8 Å². The fourth-order valence-corrected chi connectivity index (χ4v) is 2.37. The summed E-state index contributed by atoms with van der Waals surface area (Å²) in [6, 6.07) is 0. The van der Waals surface area contributed by atoms with Crippen molar-refractivity contribution in [2.24, 2.45) is 16.8 Å². The van der Waals surface area contributed by atoms with E-state index in [4.69, 9.17) is 5.11 Å². The number of carboxylic acids is 1. The molecule has 0 aliphatic rings. The predicted octanol–water partition coefficient (Wildman–Crippen LogP) is 0.740. The zero-order valence-electron chi connectivity index (χ0n) is 15.4. The summed E-state index contributed by atoms with van der Waals surface area (Å²) in [4.78, 5) is 39.3. The van der Waals surface area contributed by atoms with E-state index in [1.165, 1.54) is 25.3 Å². The number of carbonyl (C=O) groups excluding carboxylic acids is 2. The van der Waals surface area contributed by atoms with Gasteiger partial charge in [0, 0.05) is 12.1 Å².